The van der Waals surface area contributed by atoms with Gasteiger partial charge in [-0.15, -0.1) is 0 Å². The normalized spacial score (nSPS) is 27.3. The summed E-state index contributed by atoms with van der Waals surface area (Å²) in [6, 6.07) is 9.12. The minimum Gasteiger partial charge on any atom is -0.447 e. The van der Waals surface area contributed by atoms with Crippen LogP contribution in [-0.4, -0.2) is 42.6 Å². The molecule has 0 aromatic heterocycles. The number of alkyl carbamates (subject to hydrolysis) is 1. The molecule has 1 heterocycles. The Morgan fingerprint density at radius 3 is 2.66 bits per heavy atom. The van der Waals surface area contributed by atoms with Gasteiger partial charge in [-0.05, 0) is 62.0 Å². The highest BCUT2D eigenvalue weighted by Crippen LogP contribution is 2.60. The minimum atomic E-state index is -0.447. The zero-order valence-electron chi connectivity index (χ0n) is 18.2. The van der Waals surface area contributed by atoms with Crippen LogP contribution >= 0.6 is 0 Å². The molecular weight excluding hydrogens is 364 g/mol. The summed E-state index contributed by atoms with van der Waals surface area (Å²) in [7, 11) is 0. The number of nitrogens with one attached hydrogen (secondary N) is 1. The summed E-state index contributed by atoms with van der Waals surface area (Å²) in [5, 5.41) is 2.76. The average Bonchev–Trinajstić information content (AvgIpc) is 3.58. The van der Waals surface area contributed by atoms with Gasteiger partial charge in [-0.1, -0.05) is 38.1 Å². The number of likely N-dealkylation sites (tertiary alicyclic amines) is 1. The lowest BCUT2D eigenvalue weighted by Gasteiger charge is -2.26. The number of fused-ring (bicyclic) bond motifs is 1. The van der Waals surface area contributed by atoms with E-state index in [-0.39, 0.29) is 23.3 Å². The predicted octanol–water partition coefficient (Wildman–Crippen LogP) is 4.00. The summed E-state index contributed by atoms with van der Waals surface area (Å²) in [5.41, 5.74) is 3.39. The molecule has 2 saturated carbocycles. The molecule has 3 aliphatic rings. The molecule has 1 N–H and O–H groups in total. The van der Waals surface area contributed by atoms with Crippen LogP contribution in [0.2, 0.25) is 0 Å². The van der Waals surface area contributed by atoms with Crippen LogP contribution in [0, 0.1) is 11.8 Å². The Morgan fingerprint density at radius 1 is 1.28 bits per heavy atom. The number of rotatable bonds is 7. The van der Waals surface area contributed by atoms with Crippen LogP contribution in [0.25, 0.3) is 0 Å². The molecule has 0 radical (unpaired) electrons. The van der Waals surface area contributed by atoms with Crippen molar-refractivity contribution < 1.29 is 14.3 Å². The van der Waals surface area contributed by atoms with Crippen molar-refractivity contribution >= 4 is 12.0 Å². The third-order valence-electron chi connectivity index (χ3n) is 7.27. The highest BCUT2D eigenvalue weighted by molar-refractivity contribution is 5.81. The maximum Gasteiger partial charge on any atom is 0.407 e. The van der Waals surface area contributed by atoms with E-state index in [1.807, 2.05) is 25.7 Å². The first-order valence-corrected chi connectivity index (χ1v) is 11.1. The third-order valence-corrected chi connectivity index (χ3v) is 7.27. The van der Waals surface area contributed by atoms with Gasteiger partial charge >= 0.3 is 6.09 Å². The maximum absolute atomic E-state index is 13.1. The van der Waals surface area contributed by atoms with E-state index in [0.29, 0.717) is 24.3 Å². The number of carbonyl (C=O) groups is 2. The summed E-state index contributed by atoms with van der Waals surface area (Å²) >= 11 is 0. The van der Waals surface area contributed by atoms with Crippen LogP contribution < -0.4 is 5.32 Å². The number of hydrogen-bond donors (Lipinski definition) is 1. The van der Waals surface area contributed by atoms with Gasteiger partial charge in [0.2, 0.25) is 5.91 Å². The topological polar surface area (TPSA) is 58.6 Å². The summed E-state index contributed by atoms with van der Waals surface area (Å²) in [5.74, 6) is 0.542. The molecular formula is C24H34N2O3. The number of nitrogens with zero attached hydrogens (tertiary/aromatic N) is 1. The molecule has 158 valence electrons. The fourth-order valence-electron chi connectivity index (χ4n) is 4.90. The first-order valence-electron chi connectivity index (χ1n) is 11.1. The lowest BCUT2D eigenvalue weighted by atomic mass is 9.89. The van der Waals surface area contributed by atoms with Crippen LogP contribution in [0.5, 0.6) is 0 Å². The molecule has 1 aliphatic heterocycles. The number of ether oxygens (including phenoxy) is 1. The molecule has 1 aromatic rings. The third kappa shape index (κ3) is 3.88. The van der Waals surface area contributed by atoms with E-state index < -0.39 is 6.09 Å². The van der Waals surface area contributed by atoms with E-state index >= 15 is 0 Å². The Kier molecular flexibility index (Phi) is 5.12. The minimum absolute atomic E-state index is 0.152. The van der Waals surface area contributed by atoms with Gasteiger partial charge in [0, 0.05) is 25.0 Å². The van der Waals surface area contributed by atoms with Gasteiger partial charge in [-0.2, -0.15) is 0 Å². The molecule has 2 unspecified atom stereocenters. The molecule has 0 spiro atoms. The van der Waals surface area contributed by atoms with Gasteiger partial charge in [0.05, 0.1) is 12.0 Å². The van der Waals surface area contributed by atoms with Crippen molar-refractivity contribution in [2.24, 2.45) is 11.8 Å². The molecule has 1 aromatic carbocycles. The second-order valence-electron chi connectivity index (χ2n) is 9.86. The zero-order chi connectivity index (χ0) is 20.8. The molecule has 5 nitrogen and oxygen atoms in total. The molecule has 3 atom stereocenters. The summed E-state index contributed by atoms with van der Waals surface area (Å²) < 4.78 is 5.12. The average molecular weight is 399 g/mol. The summed E-state index contributed by atoms with van der Waals surface area (Å²) in [6.07, 6.45) is 3.85. The van der Waals surface area contributed by atoms with Gasteiger partial charge in [0.25, 0.3) is 0 Å². The SMILES string of the molecule is CC[C@H](CNC(=O)OC(C)C)C(=O)N1CC2CC2(c2cccc(C3(C)CC3)c2)C1. The van der Waals surface area contributed by atoms with E-state index in [0.717, 1.165) is 13.1 Å². The first-order chi connectivity index (χ1) is 13.8. The van der Waals surface area contributed by atoms with Crippen molar-refractivity contribution in [1.82, 2.24) is 10.2 Å². The van der Waals surface area contributed by atoms with Crippen molar-refractivity contribution in [2.75, 3.05) is 19.6 Å². The van der Waals surface area contributed by atoms with Gasteiger partial charge in [0.15, 0.2) is 0 Å². The second-order valence-corrected chi connectivity index (χ2v) is 9.86. The van der Waals surface area contributed by atoms with Gasteiger partial charge < -0.3 is 15.0 Å². The van der Waals surface area contributed by atoms with Crippen LogP contribution in [0.3, 0.4) is 0 Å². The smallest absolute Gasteiger partial charge is 0.407 e. The van der Waals surface area contributed by atoms with Crippen LogP contribution in [0.15, 0.2) is 24.3 Å². The molecule has 2 aliphatic carbocycles. The van der Waals surface area contributed by atoms with E-state index in [2.05, 4.69) is 36.5 Å². The predicted molar refractivity (Wildman–Crippen MR) is 113 cm³/mol. The highest BCUT2D eigenvalue weighted by atomic mass is 16.6. The van der Waals surface area contributed by atoms with E-state index in [1.165, 1.54) is 30.4 Å². The molecule has 3 fully saturated rings. The first kappa shape index (κ1) is 20.2. The quantitative estimate of drug-likeness (QED) is 0.755. The van der Waals surface area contributed by atoms with Crippen LogP contribution in [0.1, 0.15) is 64.5 Å². The Labute approximate surface area is 174 Å². The van der Waals surface area contributed by atoms with Crippen molar-refractivity contribution in [2.45, 2.75) is 70.3 Å². The Balaban J connectivity index is 1.39. The van der Waals surface area contributed by atoms with Crippen molar-refractivity contribution in [1.29, 1.82) is 0 Å². The van der Waals surface area contributed by atoms with E-state index in [9.17, 15) is 9.59 Å². The monoisotopic (exact) mass is 398 g/mol. The van der Waals surface area contributed by atoms with Gasteiger partial charge in [-0.3, -0.25) is 4.79 Å². The fraction of sp³-hybridized carbons (Fsp3) is 0.667. The molecule has 29 heavy (non-hydrogen) atoms. The lowest BCUT2D eigenvalue weighted by Crippen LogP contribution is -2.42. The Morgan fingerprint density at radius 2 is 2.00 bits per heavy atom. The number of piperidine rings is 1. The van der Waals surface area contributed by atoms with Crippen LogP contribution in [0.4, 0.5) is 4.79 Å². The van der Waals surface area contributed by atoms with E-state index in [1.54, 1.807) is 0 Å². The van der Waals surface area contributed by atoms with Crippen molar-refractivity contribution in [3.8, 4) is 0 Å². The number of benzene rings is 1. The lowest BCUT2D eigenvalue weighted by molar-refractivity contribution is -0.135. The Hall–Kier alpha value is -2.04. The fourth-order valence-corrected chi connectivity index (χ4v) is 4.90. The second kappa shape index (κ2) is 7.33. The largest absolute Gasteiger partial charge is 0.447 e. The molecule has 4 rings (SSSR count). The number of amides is 2. The number of carbonyl (C=O) groups excluding carboxylic acids is 2. The summed E-state index contributed by atoms with van der Waals surface area (Å²) in [4.78, 5) is 26.9. The standard InChI is InChI=1S/C24H34N2O3/c1-5-17(13-25-22(28)29-16(2)3)21(27)26-14-20-12-24(20,15-26)19-8-6-7-18(11-19)23(4)9-10-23/h6-8,11,16-17,20H,5,9-10,12-15H2,1-4H3,(H,25,28)/t17-,20?,24?/m1/s1. The molecule has 1 saturated heterocycles. The van der Waals surface area contributed by atoms with E-state index in [4.69, 9.17) is 4.74 Å². The van der Waals surface area contributed by atoms with Gasteiger partial charge in [0.1, 0.15) is 0 Å². The summed E-state index contributed by atoms with van der Waals surface area (Å²) in [6.45, 7) is 9.97. The molecule has 0 bridgehead atoms. The molecule has 2 amide bonds. The molecule has 5 heteroatoms. The Bertz CT molecular complexity index is 801. The number of hydrogen-bond acceptors (Lipinski definition) is 3. The van der Waals surface area contributed by atoms with Crippen LogP contribution in [-0.2, 0) is 20.4 Å². The zero-order valence-corrected chi connectivity index (χ0v) is 18.2. The highest BCUT2D eigenvalue weighted by Gasteiger charge is 2.62. The van der Waals surface area contributed by atoms with Crippen molar-refractivity contribution in [3.05, 3.63) is 35.4 Å². The van der Waals surface area contributed by atoms with Gasteiger partial charge in [-0.25, -0.2) is 4.79 Å². The maximum atomic E-state index is 13.1. The van der Waals surface area contributed by atoms with Crippen molar-refractivity contribution in [3.63, 3.8) is 0 Å².